The second-order valence-electron chi connectivity index (χ2n) is 6.27. The summed E-state index contributed by atoms with van der Waals surface area (Å²) in [5, 5.41) is 0.831. The van der Waals surface area contributed by atoms with Crippen LogP contribution in [0.1, 0.15) is 36.5 Å². The Kier molecular flexibility index (Phi) is 5.11. The van der Waals surface area contributed by atoms with Gasteiger partial charge in [-0.2, -0.15) is 0 Å². The van der Waals surface area contributed by atoms with Crippen molar-refractivity contribution in [2.75, 3.05) is 31.1 Å². The Labute approximate surface area is 146 Å². The molecule has 0 radical (unpaired) electrons. The number of hydrogen-bond donors (Lipinski definition) is 1. The van der Waals surface area contributed by atoms with Crippen molar-refractivity contribution in [2.24, 2.45) is 0 Å². The van der Waals surface area contributed by atoms with Gasteiger partial charge >= 0.3 is 0 Å². The maximum absolute atomic E-state index is 12.1. The molecule has 1 saturated heterocycles. The van der Waals surface area contributed by atoms with Crippen molar-refractivity contribution in [2.45, 2.75) is 26.2 Å². The van der Waals surface area contributed by atoms with Crippen LogP contribution in [0.3, 0.4) is 0 Å². The van der Waals surface area contributed by atoms with Crippen molar-refractivity contribution < 1.29 is 14.4 Å². The highest BCUT2D eigenvalue weighted by atomic mass is 16.2. The smallest absolute Gasteiger partial charge is 0.222 e. The van der Waals surface area contributed by atoms with E-state index in [1.165, 1.54) is 0 Å². The van der Waals surface area contributed by atoms with Gasteiger partial charge in [0.1, 0.15) is 11.9 Å². The molecule has 7 heteroatoms. The van der Waals surface area contributed by atoms with E-state index in [1.807, 2.05) is 11.0 Å². The molecule has 0 aromatic carbocycles. The lowest BCUT2D eigenvalue weighted by Crippen LogP contribution is -2.48. The molecule has 1 amide bonds. The summed E-state index contributed by atoms with van der Waals surface area (Å²) >= 11 is 0. The number of anilines is 1. The predicted molar refractivity (Wildman–Crippen MR) is 94.8 cm³/mol. The van der Waals surface area contributed by atoms with Gasteiger partial charge in [0.25, 0.3) is 0 Å². The number of H-pyrrole nitrogens is 1. The lowest BCUT2D eigenvalue weighted by atomic mass is 10.1. The molecule has 3 heterocycles. The molecule has 0 saturated carbocycles. The molecule has 1 aliphatic rings. The molecule has 1 aliphatic heterocycles. The van der Waals surface area contributed by atoms with E-state index in [9.17, 15) is 14.4 Å². The van der Waals surface area contributed by atoms with Gasteiger partial charge in [-0.15, -0.1) is 0 Å². The summed E-state index contributed by atoms with van der Waals surface area (Å²) in [6.45, 7) is 4.32. The number of piperazine rings is 1. The number of Topliss-reactive ketones (excluding diaryl/α,β-unsaturated/α-hetero) is 1. The van der Waals surface area contributed by atoms with E-state index in [4.69, 9.17) is 0 Å². The average molecular weight is 342 g/mol. The molecule has 0 unspecified atom stereocenters. The predicted octanol–water partition coefficient (Wildman–Crippen LogP) is 1.78. The molecule has 0 bridgehead atoms. The first-order valence-electron chi connectivity index (χ1n) is 8.54. The van der Waals surface area contributed by atoms with Crippen LogP contribution in [-0.4, -0.2) is 59.0 Å². The van der Waals surface area contributed by atoms with E-state index in [-0.39, 0.29) is 11.7 Å². The molecule has 1 fully saturated rings. The molecular weight excluding hydrogens is 320 g/mol. The number of carbonyl (C=O) groups excluding carboxylic acids is 3. The minimum Gasteiger partial charge on any atom is -0.367 e. The van der Waals surface area contributed by atoms with Crippen LogP contribution in [0.25, 0.3) is 11.0 Å². The van der Waals surface area contributed by atoms with Gasteiger partial charge in [0.05, 0.1) is 11.9 Å². The number of aromatic nitrogens is 2. The minimum absolute atomic E-state index is 0.0101. The van der Waals surface area contributed by atoms with Crippen LogP contribution in [0.5, 0.6) is 0 Å². The second-order valence-corrected chi connectivity index (χ2v) is 6.27. The standard InChI is InChI=1S/C18H22N4O3/c1-13(24)16-12-20-18-15(16)10-14(11-19-18)21-5-7-22(8-6-21)17(25)4-2-3-9-23/h9-12H,2-8H2,1H3,(H,19,20). The maximum Gasteiger partial charge on any atom is 0.222 e. The number of rotatable bonds is 6. The van der Waals surface area contributed by atoms with Crippen LogP contribution < -0.4 is 4.90 Å². The lowest BCUT2D eigenvalue weighted by molar-refractivity contribution is -0.131. The average Bonchev–Trinajstić information content (AvgIpc) is 3.05. The number of fused-ring (bicyclic) bond motifs is 1. The zero-order chi connectivity index (χ0) is 17.8. The van der Waals surface area contributed by atoms with E-state index in [0.29, 0.717) is 43.6 Å². The summed E-state index contributed by atoms with van der Waals surface area (Å²) in [6, 6.07) is 1.98. The van der Waals surface area contributed by atoms with Gasteiger partial charge in [0, 0.05) is 56.2 Å². The van der Waals surface area contributed by atoms with Gasteiger partial charge in [-0.25, -0.2) is 4.98 Å². The van der Waals surface area contributed by atoms with Crippen molar-refractivity contribution in [1.82, 2.24) is 14.9 Å². The fraction of sp³-hybridized carbons (Fsp3) is 0.444. The first kappa shape index (κ1) is 17.1. The van der Waals surface area contributed by atoms with Crippen molar-refractivity contribution in [1.29, 1.82) is 0 Å². The van der Waals surface area contributed by atoms with Crippen LogP contribution in [-0.2, 0) is 9.59 Å². The van der Waals surface area contributed by atoms with Crippen LogP contribution in [0, 0.1) is 0 Å². The number of pyridine rings is 1. The van der Waals surface area contributed by atoms with Gasteiger partial charge < -0.3 is 19.6 Å². The number of nitrogens with zero attached hydrogens (tertiary/aromatic N) is 3. The number of unbranched alkanes of at least 4 members (excludes halogenated alkanes) is 1. The van der Waals surface area contributed by atoms with Crippen LogP contribution in [0.15, 0.2) is 18.5 Å². The molecule has 1 N–H and O–H groups in total. The Bertz CT molecular complexity index is 791. The molecule has 2 aromatic rings. The fourth-order valence-corrected chi connectivity index (χ4v) is 3.17. The topological polar surface area (TPSA) is 86.4 Å². The third-order valence-corrected chi connectivity index (χ3v) is 4.61. The Hall–Kier alpha value is -2.70. The first-order valence-corrected chi connectivity index (χ1v) is 8.54. The first-order chi connectivity index (χ1) is 12.1. The lowest BCUT2D eigenvalue weighted by Gasteiger charge is -2.36. The quantitative estimate of drug-likeness (QED) is 0.491. The number of hydrogen-bond acceptors (Lipinski definition) is 5. The summed E-state index contributed by atoms with van der Waals surface area (Å²) in [6.07, 6.45) is 5.82. The summed E-state index contributed by atoms with van der Waals surface area (Å²) in [4.78, 5) is 45.6. The molecule has 2 aromatic heterocycles. The van der Waals surface area contributed by atoms with Crippen LogP contribution in [0.4, 0.5) is 5.69 Å². The summed E-state index contributed by atoms with van der Waals surface area (Å²) in [5.41, 5.74) is 2.31. The molecule has 132 valence electrons. The molecule has 0 spiro atoms. The number of aromatic amines is 1. The minimum atomic E-state index is 0.0101. The number of carbonyl (C=O) groups is 3. The summed E-state index contributed by atoms with van der Waals surface area (Å²) < 4.78 is 0. The zero-order valence-corrected chi connectivity index (χ0v) is 14.3. The molecular formula is C18H22N4O3. The maximum atomic E-state index is 12.1. The Morgan fingerprint density at radius 2 is 2.04 bits per heavy atom. The number of ketones is 1. The van der Waals surface area contributed by atoms with Gasteiger partial charge in [0.2, 0.25) is 5.91 Å². The largest absolute Gasteiger partial charge is 0.367 e. The molecule has 0 atom stereocenters. The highest BCUT2D eigenvalue weighted by Crippen LogP contribution is 2.24. The highest BCUT2D eigenvalue weighted by Gasteiger charge is 2.21. The Morgan fingerprint density at radius 3 is 2.72 bits per heavy atom. The van der Waals surface area contributed by atoms with Crippen LogP contribution in [0.2, 0.25) is 0 Å². The van der Waals surface area contributed by atoms with Crippen molar-refractivity contribution in [3.8, 4) is 0 Å². The molecule has 3 rings (SSSR count). The zero-order valence-electron chi connectivity index (χ0n) is 14.3. The van der Waals surface area contributed by atoms with Gasteiger partial charge in [-0.05, 0) is 19.4 Å². The third-order valence-electron chi connectivity index (χ3n) is 4.61. The monoisotopic (exact) mass is 342 g/mol. The third kappa shape index (κ3) is 3.70. The van der Waals surface area contributed by atoms with Crippen molar-refractivity contribution in [3.63, 3.8) is 0 Å². The van der Waals surface area contributed by atoms with Gasteiger partial charge in [-0.1, -0.05) is 0 Å². The normalized spacial score (nSPS) is 14.8. The number of amides is 1. The summed E-state index contributed by atoms with van der Waals surface area (Å²) in [7, 11) is 0. The van der Waals surface area contributed by atoms with E-state index >= 15 is 0 Å². The fourth-order valence-electron chi connectivity index (χ4n) is 3.17. The Balaban J connectivity index is 1.65. The van der Waals surface area contributed by atoms with E-state index in [2.05, 4.69) is 14.9 Å². The molecule has 25 heavy (non-hydrogen) atoms. The SMILES string of the molecule is CC(=O)c1c[nH]c2ncc(N3CCN(C(=O)CCCC=O)CC3)cc12. The highest BCUT2D eigenvalue weighted by molar-refractivity contribution is 6.06. The number of nitrogens with one attached hydrogen (secondary N) is 1. The van der Waals surface area contributed by atoms with Gasteiger partial charge in [0.15, 0.2) is 5.78 Å². The van der Waals surface area contributed by atoms with E-state index in [1.54, 1.807) is 19.3 Å². The van der Waals surface area contributed by atoms with E-state index in [0.717, 1.165) is 30.4 Å². The number of aldehydes is 1. The van der Waals surface area contributed by atoms with Crippen molar-refractivity contribution >= 4 is 34.7 Å². The summed E-state index contributed by atoms with van der Waals surface area (Å²) in [5.74, 6) is 0.121. The van der Waals surface area contributed by atoms with E-state index < -0.39 is 0 Å². The van der Waals surface area contributed by atoms with Crippen LogP contribution >= 0.6 is 0 Å². The van der Waals surface area contributed by atoms with Crippen molar-refractivity contribution in [3.05, 3.63) is 24.0 Å². The molecule has 0 aliphatic carbocycles. The van der Waals surface area contributed by atoms with Gasteiger partial charge in [-0.3, -0.25) is 9.59 Å². The molecule has 7 nitrogen and oxygen atoms in total. The second kappa shape index (κ2) is 7.46. The Morgan fingerprint density at radius 1 is 1.28 bits per heavy atom.